The fourth-order valence-electron chi connectivity index (χ4n) is 2.49. The summed E-state index contributed by atoms with van der Waals surface area (Å²) in [4.78, 5) is 0. The molecule has 0 saturated carbocycles. The number of ether oxygens (including phenoxy) is 2. The second-order valence-electron chi connectivity index (χ2n) is 4.71. The van der Waals surface area contributed by atoms with Gasteiger partial charge in [0.15, 0.2) is 0 Å². The topological polar surface area (TPSA) is 58.9 Å². The van der Waals surface area contributed by atoms with E-state index in [0.29, 0.717) is 23.5 Å². The predicted molar refractivity (Wildman–Crippen MR) is 72.9 cm³/mol. The number of rotatable bonds is 3. The summed E-state index contributed by atoms with van der Waals surface area (Å²) >= 11 is 0. The molecule has 2 atom stereocenters. The third-order valence-electron chi connectivity index (χ3n) is 3.51. The van der Waals surface area contributed by atoms with Gasteiger partial charge in [-0.1, -0.05) is 12.2 Å². The molecule has 0 bridgehead atoms. The van der Waals surface area contributed by atoms with E-state index < -0.39 is 6.10 Å². The summed E-state index contributed by atoms with van der Waals surface area (Å²) in [6.45, 7) is 0. The molecule has 0 radical (unpaired) electrons. The Kier molecular flexibility index (Phi) is 4.32. The van der Waals surface area contributed by atoms with E-state index in [0.717, 1.165) is 12.8 Å². The van der Waals surface area contributed by atoms with E-state index >= 15 is 0 Å². The molecule has 104 valence electrons. The highest BCUT2D eigenvalue weighted by Crippen LogP contribution is 2.42. The van der Waals surface area contributed by atoms with E-state index in [1.807, 2.05) is 12.2 Å². The SMILES string of the molecule is COc1cc(O)c([C@H]2C=CCCC[C@@H]2O)c(OC)c1. The van der Waals surface area contributed by atoms with Crippen molar-refractivity contribution in [2.75, 3.05) is 14.2 Å². The average molecular weight is 264 g/mol. The number of hydrogen-bond donors (Lipinski definition) is 2. The number of aliphatic hydroxyl groups excluding tert-OH is 1. The first-order valence-electron chi connectivity index (χ1n) is 6.47. The van der Waals surface area contributed by atoms with Crippen molar-refractivity contribution in [3.63, 3.8) is 0 Å². The normalized spacial score (nSPS) is 22.9. The third-order valence-corrected chi connectivity index (χ3v) is 3.51. The number of aromatic hydroxyl groups is 1. The number of benzene rings is 1. The van der Waals surface area contributed by atoms with Crippen LogP contribution in [0.4, 0.5) is 0 Å². The van der Waals surface area contributed by atoms with Gasteiger partial charge in [-0.25, -0.2) is 0 Å². The molecule has 0 aliphatic heterocycles. The van der Waals surface area contributed by atoms with Crippen LogP contribution in [0.1, 0.15) is 30.7 Å². The van der Waals surface area contributed by atoms with Crippen molar-refractivity contribution in [1.82, 2.24) is 0 Å². The summed E-state index contributed by atoms with van der Waals surface area (Å²) < 4.78 is 10.4. The Morgan fingerprint density at radius 2 is 2.00 bits per heavy atom. The molecule has 19 heavy (non-hydrogen) atoms. The van der Waals surface area contributed by atoms with Crippen LogP contribution in [0.3, 0.4) is 0 Å². The number of allylic oxidation sites excluding steroid dienone is 1. The van der Waals surface area contributed by atoms with Gasteiger partial charge in [-0.2, -0.15) is 0 Å². The summed E-state index contributed by atoms with van der Waals surface area (Å²) in [5, 5.41) is 20.4. The minimum Gasteiger partial charge on any atom is -0.507 e. The average Bonchev–Trinajstić information content (AvgIpc) is 2.62. The van der Waals surface area contributed by atoms with Crippen molar-refractivity contribution in [1.29, 1.82) is 0 Å². The van der Waals surface area contributed by atoms with Gasteiger partial charge in [-0.15, -0.1) is 0 Å². The van der Waals surface area contributed by atoms with E-state index in [9.17, 15) is 10.2 Å². The van der Waals surface area contributed by atoms with Crippen molar-refractivity contribution in [3.05, 3.63) is 29.8 Å². The number of methoxy groups -OCH3 is 2. The molecular weight excluding hydrogens is 244 g/mol. The molecule has 2 N–H and O–H groups in total. The molecular formula is C15H20O4. The van der Waals surface area contributed by atoms with Crippen LogP contribution in [0.5, 0.6) is 17.2 Å². The van der Waals surface area contributed by atoms with Gasteiger partial charge in [0.1, 0.15) is 17.2 Å². The molecule has 0 aromatic heterocycles. The Hall–Kier alpha value is -1.68. The standard InChI is InChI=1S/C15H20O4/c1-18-10-8-13(17)15(14(9-10)19-2)11-6-4-3-5-7-12(11)16/h4,6,8-9,11-12,16-17H,3,5,7H2,1-2H3/t11-,12-/m0/s1. The van der Waals surface area contributed by atoms with Gasteiger partial charge < -0.3 is 19.7 Å². The van der Waals surface area contributed by atoms with Gasteiger partial charge in [0.05, 0.1) is 20.3 Å². The quantitative estimate of drug-likeness (QED) is 0.824. The summed E-state index contributed by atoms with van der Waals surface area (Å²) in [6, 6.07) is 3.27. The van der Waals surface area contributed by atoms with Crippen LogP contribution in [-0.4, -0.2) is 30.5 Å². The highest BCUT2D eigenvalue weighted by atomic mass is 16.5. The van der Waals surface area contributed by atoms with Crippen molar-refractivity contribution in [2.24, 2.45) is 0 Å². The van der Waals surface area contributed by atoms with E-state index in [1.165, 1.54) is 7.11 Å². The molecule has 1 aliphatic rings. The molecule has 0 saturated heterocycles. The van der Waals surface area contributed by atoms with Gasteiger partial charge in [-0.05, 0) is 19.3 Å². The molecule has 1 aromatic rings. The molecule has 0 spiro atoms. The van der Waals surface area contributed by atoms with Gasteiger partial charge in [0.25, 0.3) is 0 Å². The highest BCUT2D eigenvalue weighted by Gasteiger charge is 2.26. The maximum atomic E-state index is 10.2. The molecule has 1 aliphatic carbocycles. The van der Waals surface area contributed by atoms with Gasteiger partial charge in [0, 0.05) is 23.6 Å². The largest absolute Gasteiger partial charge is 0.507 e. The van der Waals surface area contributed by atoms with Gasteiger partial charge >= 0.3 is 0 Å². The van der Waals surface area contributed by atoms with Crippen LogP contribution in [0.2, 0.25) is 0 Å². The third kappa shape index (κ3) is 2.84. The number of phenolic OH excluding ortho intramolecular Hbond substituents is 1. The van der Waals surface area contributed by atoms with E-state index in [2.05, 4.69) is 0 Å². The highest BCUT2D eigenvalue weighted by molar-refractivity contribution is 5.53. The summed E-state index contributed by atoms with van der Waals surface area (Å²) in [5.41, 5.74) is 0.619. The van der Waals surface area contributed by atoms with E-state index in [-0.39, 0.29) is 11.7 Å². The van der Waals surface area contributed by atoms with E-state index in [4.69, 9.17) is 9.47 Å². The summed E-state index contributed by atoms with van der Waals surface area (Å²) in [7, 11) is 3.08. The smallest absolute Gasteiger partial charge is 0.130 e. The first-order valence-corrected chi connectivity index (χ1v) is 6.47. The Bertz CT molecular complexity index is 467. The second-order valence-corrected chi connectivity index (χ2v) is 4.71. The van der Waals surface area contributed by atoms with Crippen LogP contribution in [0, 0.1) is 0 Å². The summed E-state index contributed by atoms with van der Waals surface area (Å²) in [6.07, 6.45) is 6.10. The van der Waals surface area contributed by atoms with Crippen molar-refractivity contribution >= 4 is 0 Å². The minimum atomic E-state index is -0.507. The van der Waals surface area contributed by atoms with Crippen LogP contribution in [-0.2, 0) is 0 Å². The fraction of sp³-hybridized carbons (Fsp3) is 0.467. The minimum absolute atomic E-state index is 0.0896. The molecule has 0 unspecified atom stereocenters. The zero-order valence-electron chi connectivity index (χ0n) is 11.3. The lowest BCUT2D eigenvalue weighted by atomic mass is 9.90. The van der Waals surface area contributed by atoms with Gasteiger partial charge in [0.2, 0.25) is 0 Å². The lowest BCUT2D eigenvalue weighted by Gasteiger charge is -2.22. The lowest BCUT2D eigenvalue weighted by Crippen LogP contribution is -2.16. The maximum Gasteiger partial charge on any atom is 0.130 e. The molecule has 1 aromatic carbocycles. The molecule has 0 heterocycles. The monoisotopic (exact) mass is 264 g/mol. The van der Waals surface area contributed by atoms with Crippen LogP contribution in [0.15, 0.2) is 24.3 Å². The molecule has 4 nitrogen and oxygen atoms in total. The summed E-state index contributed by atoms with van der Waals surface area (Å²) in [5.74, 6) is 0.910. The number of hydrogen-bond acceptors (Lipinski definition) is 4. The zero-order valence-corrected chi connectivity index (χ0v) is 11.3. The maximum absolute atomic E-state index is 10.2. The predicted octanol–water partition coefficient (Wildman–Crippen LogP) is 2.59. The van der Waals surface area contributed by atoms with Crippen LogP contribution < -0.4 is 9.47 Å². The fourth-order valence-corrected chi connectivity index (χ4v) is 2.49. The Labute approximate surface area is 113 Å². The van der Waals surface area contributed by atoms with Crippen molar-refractivity contribution in [3.8, 4) is 17.2 Å². The molecule has 0 fully saturated rings. The molecule has 4 heteroatoms. The van der Waals surface area contributed by atoms with Crippen molar-refractivity contribution in [2.45, 2.75) is 31.3 Å². The Balaban J connectivity index is 2.47. The van der Waals surface area contributed by atoms with Crippen LogP contribution >= 0.6 is 0 Å². The Morgan fingerprint density at radius 1 is 1.21 bits per heavy atom. The van der Waals surface area contributed by atoms with Crippen molar-refractivity contribution < 1.29 is 19.7 Å². The molecule has 0 amide bonds. The molecule has 2 rings (SSSR count). The van der Waals surface area contributed by atoms with E-state index in [1.54, 1.807) is 19.2 Å². The van der Waals surface area contributed by atoms with Crippen LogP contribution in [0.25, 0.3) is 0 Å². The lowest BCUT2D eigenvalue weighted by molar-refractivity contribution is 0.147. The van der Waals surface area contributed by atoms with Gasteiger partial charge in [-0.3, -0.25) is 0 Å². The first-order chi connectivity index (χ1) is 9.17. The second kappa shape index (κ2) is 5.97. The number of aliphatic hydroxyl groups is 1. The first kappa shape index (κ1) is 13.7. The number of phenols is 1. The zero-order chi connectivity index (χ0) is 13.8. The Morgan fingerprint density at radius 3 is 2.68 bits per heavy atom.